The van der Waals surface area contributed by atoms with E-state index >= 15 is 0 Å². The molecule has 2 rings (SSSR count). The summed E-state index contributed by atoms with van der Waals surface area (Å²) in [6.07, 6.45) is 0.0963. The summed E-state index contributed by atoms with van der Waals surface area (Å²) in [5.74, 6) is -0.120. The topological polar surface area (TPSA) is 49.3 Å². The van der Waals surface area contributed by atoms with Crippen molar-refractivity contribution in [3.05, 3.63) is 57.5 Å². The van der Waals surface area contributed by atoms with E-state index in [9.17, 15) is 9.90 Å². The molecule has 2 aromatic carbocycles. The van der Waals surface area contributed by atoms with Crippen molar-refractivity contribution in [1.29, 1.82) is 0 Å². The number of phenols is 1. The second-order valence-electron chi connectivity index (χ2n) is 3.98. The van der Waals surface area contributed by atoms with Crippen molar-refractivity contribution in [2.45, 2.75) is 6.42 Å². The molecule has 0 saturated heterocycles. The summed E-state index contributed by atoms with van der Waals surface area (Å²) in [4.78, 5) is 11.9. The Labute approximate surface area is 124 Å². The van der Waals surface area contributed by atoms with Gasteiger partial charge in [-0.05, 0) is 24.3 Å². The number of hydrogen-bond donors (Lipinski definition) is 2. The largest absolute Gasteiger partial charge is 0.508 e. The predicted octanol–water partition coefficient (Wildman–Crippen LogP) is 3.99. The minimum atomic E-state index is -0.231. The fraction of sp³-hybridized carbons (Fsp3) is 0.0714. The summed E-state index contributed by atoms with van der Waals surface area (Å²) >= 11 is 9.31. The van der Waals surface area contributed by atoms with E-state index in [0.717, 1.165) is 4.47 Å². The van der Waals surface area contributed by atoms with E-state index in [4.69, 9.17) is 11.6 Å². The van der Waals surface area contributed by atoms with Gasteiger partial charge in [0.05, 0.1) is 17.1 Å². The van der Waals surface area contributed by atoms with Gasteiger partial charge in [-0.2, -0.15) is 0 Å². The summed E-state index contributed by atoms with van der Waals surface area (Å²) in [5, 5.41) is 12.8. The Balaban J connectivity index is 2.08. The molecule has 0 fully saturated rings. The van der Waals surface area contributed by atoms with Crippen LogP contribution in [0.5, 0.6) is 5.75 Å². The number of hydrogen-bond acceptors (Lipinski definition) is 2. The number of carbonyl (C=O) groups is 1. The van der Waals surface area contributed by atoms with Crippen LogP contribution in [-0.4, -0.2) is 11.0 Å². The molecule has 0 aromatic heterocycles. The Morgan fingerprint density at radius 3 is 2.68 bits per heavy atom. The molecule has 3 nitrogen and oxygen atoms in total. The Morgan fingerprint density at radius 2 is 2.00 bits per heavy atom. The van der Waals surface area contributed by atoms with Crippen LogP contribution in [0.15, 0.2) is 46.9 Å². The van der Waals surface area contributed by atoms with Crippen molar-refractivity contribution in [3.8, 4) is 5.75 Å². The van der Waals surface area contributed by atoms with Crippen molar-refractivity contribution in [1.82, 2.24) is 0 Å². The first-order valence-electron chi connectivity index (χ1n) is 5.58. The molecule has 0 bridgehead atoms. The lowest BCUT2D eigenvalue weighted by Gasteiger charge is -2.08. The van der Waals surface area contributed by atoms with E-state index in [1.807, 2.05) is 0 Å². The van der Waals surface area contributed by atoms with Gasteiger partial charge >= 0.3 is 0 Å². The molecule has 2 aromatic rings. The van der Waals surface area contributed by atoms with Gasteiger partial charge in [-0.3, -0.25) is 4.79 Å². The first-order valence-corrected chi connectivity index (χ1v) is 6.75. The summed E-state index contributed by atoms with van der Waals surface area (Å²) in [5.41, 5.74) is 1.12. The van der Waals surface area contributed by atoms with Crippen molar-refractivity contribution in [2.24, 2.45) is 0 Å². The van der Waals surface area contributed by atoms with Gasteiger partial charge in [-0.1, -0.05) is 45.7 Å². The Morgan fingerprint density at radius 1 is 1.26 bits per heavy atom. The number of aromatic hydroxyl groups is 1. The van der Waals surface area contributed by atoms with Crippen molar-refractivity contribution in [3.63, 3.8) is 0 Å². The number of anilines is 1. The fourth-order valence-corrected chi connectivity index (χ4v) is 2.34. The van der Waals surface area contributed by atoms with Crippen LogP contribution in [-0.2, 0) is 11.2 Å². The number of nitrogens with one attached hydrogen (secondary N) is 1. The van der Waals surface area contributed by atoms with Crippen LogP contribution >= 0.6 is 27.5 Å². The van der Waals surface area contributed by atoms with E-state index in [1.54, 1.807) is 42.5 Å². The lowest BCUT2D eigenvalue weighted by atomic mass is 10.1. The number of rotatable bonds is 3. The molecule has 19 heavy (non-hydrogen) atoms. The molecule has 1 amide bonds. The maximum atomic E-state index is 11.9. The van der Waals surface area contributed by atoms with Crippen LogP contribution in [0.25, 0.3) is 0 Å². The zero-order chi connectivity index (χ0) is 13.8. The minimum Gasteiger partial charge on any atom is -0.508 e. The second-order valence-corrected chi connectivity index (χ2v) is 5.30. The minimum absolute atomic E-state index is 0.0963. The van der Waals surface area contributed by atoms with E-state index in [1.165, 1.54) is 0 Å². The predicted molar refractivity (Wildman–Crippen MR) is 79.6 cm³/mol. The molecular formula is C14H11BrClNO2. The molecule has 0 unspecified atom stereocenters. The molecule has 0 aliphatic heterocycles. The molecule has 2 N–H and O–H groups in total. The highest BCUT2D eigenvalue weighted by Crippen LogP contribution is 2.26. The van der Waals surface area contributed by atoms with Crippen LogP contribution in [0.1, 0.15) is 5.56 Å². The normalized spacial score (nSPS) is 10.2. The van der Waals surface area contributed by atoms with E-state index in [-0.39, 0.29) is 18.1 Å². The lowest BCUT2D eigenvalue weighted by Crippen LogP contribution is -2.14. The highest BCUT2D eigenvalue weighted by molar-refractivity contribution is 9.10. The zero-order valence-corrected chi connectivity index (χ0v) is 12.2. The molecule has 0 saturated carbocycles. The number of carbonyl (C=O) groups excluding carboxylic acids is 1. The molecule has 5 heteroatoms. The Hall–Kier alpha value is -1.52. The highest BCUT2D eigenvalue weighted by Gasteiger charge is 2.09. The van der Waals surface area contributed by atoms with Gasteiger partial charge in [0.25, 0.3) is 0 Å². The van der Waals surface area contributed by atoms with Gasteiger partial charge < -0.3 is 10.4 Å². The number of amides is 1. The third-order valence-corrected chi connectivity index (χ3v) is 3.35. The number of phenolic OH excluding ortho intramolecular Hbond substituents is 1. The smallest absolute Gasteiger partial charge is 0.228 e. The Bertz CT molecular complexity index is 616. The molecular weight excluding hydrogens is 330 g/mol. The van der Waals surface area contributed by atoms with Crippen molar-refractivity contribution in [2.75, 3.05) is 5.32 Å². The summed E-state index contributed by atoms with van der Waals surface area (Å²) in [7, 11) is 0. The monoisotopic (exact) mass is 339 g/mol. The third-order valence-electron chi connectivity index (χ3n) is 2.55. The van der Waals surface area contributed by atoms with Crippen LogP contribution in [0.4, 0.5) is 5.69 Å². The summed E-state index contributed by atoms with van der Waals surface area (Å²) in [6.45, 7) is 0. The highest BCUT2D eigenvalue weighted by atomic mass is 79.9. The standard InChI is InChI=1S/C14H11BrClNO2/c15-10-5-6-12(11(16)8-10)17-14(19)7-9-3-1-2-4-13(9)18/h1-6,8,18H,7H2,(H,17,19). The third kappa shape index (κ3) is 3.72. The fourth-order valence-electron chi connectivity index (χ4n) is 1.62. The van der Waals surface area contributed by atoms with E-state index < -0.39 is 0 Å². The molecule has 98 valence electrons. The van der Waals surface area contributed by atoms with Crippen LogP contribution in [0, 0.1) is 0 Å². The number of halogens is 2. The SMILES string of the molecule is O=C(Cc1ccccc1O)Nc1ccc(Br)cc1Cl. The molecule has 0 atom stereocenters. The quantitative estimate of drug-likeness (QED) is 0.887. The maximum Gasteiger partial charge on any atom is 0.228 e. The summed E-state index contributed by atoms with van der Waals surface area (Å²) < 4.78 is 0.844. The number of benzene rings is 2. The van der Waals surface area contributed by atoms with E-state index in [0.29, 0.717) is 16.3 Å². The van der Waals surface area contributed by atoms with Gasteiger partial charge in [0.1, 0.15) is 5.75 Å². The average molecular weight is 341 g/mol. The van der Waals surface area contributed by atoms with Crippen molar-refractivity contribution < 1.29 is 9.90 Å². The molecule has 0 heterocycles. The van der Waals surface area contributed by atoms with Crippen LogP contribution < -0.4 is 5.32 Å². The van der Waals surface area contributed by atoms with Gasteiger partial charge in [0.2, 0.25) is 5.91 Å². The molecule has 0 radical (unpaired) electrons. The zero-order valence-electron chi connectivity index (χ0n) is 9.86. The molecule has 0 aliphatic carbocycles. The molecule has 0 aliphatic rings. The molecule has 0 spiro atoms. The maximum absolute atomic E-state index is 11.9. The van der Waals surface area contributed by atoms with E-state index in [2.05, 4.69) is 21.2 Å². The average Bonchev–Trinajstić information content (AvgIpc) is 2.36. The Kier molecular flexibility index (Phi) is 4.45. The van der Waals surface area contributed by atoms with Gasteiger partial charge in [0, 0.05) is 10.0 Å². The van der Waals surface area contributed by atoms with Crippen LogP contribution in [0.3, 0.4) is 0 Å². The van der Waals surface area contributed by atoms with Crippen LogP contribution in [0.2, 0.25) is 5.02 Å². The lowest BCUT2D eigenvalue weighted by molar-refractivity contribution is -0.115. The van der Waals surface area contributed by atoms with Gasteiger partial charge in [-0.25, -0.2) is 0 Å². The second kappa shape index (κ2) is 6.08. The first kappa shape index (κ1) is 13.9. The number of para-hydroxylation sites is 1. The first-order chi connectivity index (χ1) is 9.06. The van der Waals surface area contributed by atoms with Gasteiger partial charge in [-0.15, -0.1) is 0 Å². The summed E-state index contributed by atoms with van der Waals surface area (Å²) in [6, 6.07) is 12.0. The van der Waals surface area contributed by atoms with Crippen molar-refractivity contribution >= 4 is 39.1 Å². The van der Waals surface area contributed by atoms with Gasteiger partial charge in [0.15, 0.2) is 0 Å².